The minimum absolute atomic E-state index is 0.467. The molecule has 0 amide bonds. The normalized spacial score (nSPS) is 23.2. The van der Waals surface area contributed by atoms with Crippen molar-refractivity contribution in [3.05, 3.63) is 18.0 Å². The van der Waals surface area contributed by atoms with Gasteiger partial charge in [0.15, 0.2) is 11.5 Å². The van der Waals surface area contributed by atoms with Gasteiger partial charge in [0, 0.05) is 13.1 Å². The SMILES string of the molecule is Cc1nc2ccc(N3CCC(C)(C(=O)O)C3)nn2n1. The van der Waals surface area contributed by atoms with Gasteiger partial charge < -0.3 is 10.0 Å². The van der Waals surface area contributed by atoms with E-state index in [0.29, 0.717) is 31.0 Å². The van der Waals surface area contributed by atoms with Crippen LogP contribution in [0.15, 0.2) is 12.1 Å². The van der Waals surface area contributed by atoms with Crippen molar-refractivity contribution in [2.45, 2.75) is 20.3 Å². The number of aromatic nitrogens is 4. The number of aryl methyl sites for hydroxylation is 1. The molecule has 3 heterocycles. The summed E-state index contributed by atoms with van der Waals surface area (Å²) in [6.07, 6.45) is 0.623. The van der Waals surface area contributed by atoms with Gasteiger partial charge in [0.2, 0.25) is 0 Å². The van der Waals surface area contributed by atoms with Crippen LogP contribution in [0.5, 0.6) is 0 Å². The minimum Gasteiger partial charge on any atom is -0.481 e. The minimum atomic E-state index is -0.757. The summed E-state index contributed by atoms with van der Waals surface area (Å²) in [5.74, 6) is 0.650. The number of aliphatic carboxylic acids is 1. The predicted octanol–water partition coefficient (Wildman–Crippen LogP) is 0.734. The van der Waals surface area contributed by atoms with Gasteiger partial charge >= 0.3 is 5.97 Å². The highest BCUT2D eigenvalue weighted by Crippen LogP contribution is 2.32. The first-order valence-corrected chi connectivity index (χ1v) is 6.17. The lowest BCUT2D eigenvalue weighted by atomic mass is 9.90. The second kappa shape index (κ2) is 3.91. The first-order valence-electron chi connectivity index (χ1n) is 6.17. The van der Waals surface area contributed by atoms with Gasteiger partial charge in [-0.1, -0.05) is 0 Å². The highest BCUT2D eigenvalue weighted by molar-refractivity contribution is 5.76. The van der Waals surface area contributed by atoms with Crippen molar-refractivity contribution in [2.24, 2.45) is 5.41 Å². The Hall–Kier alpha value is -2.18. The van der Waals surface area contributed by atoms with Crippen molar-refractivity contribution in [3.63, 3.8) is 0 Å². The molecule has 3 rings (SSSR count). The first kappa shape index (κ1) is 11.9. The standard InChI is InChI=1S/C12H15N5O2/c1-8-13-9-3-4-10(15-17(9)14-8)16-6-5-12(2,7-16)11(18)19/h3-4H,5-7H2,1-2H3,(H,18,19). The maximum atomic E-state index is 11.2. The number of carboxylic acid groups (broad SMARTS) is 1. The highest BCUT2D eigenvalue weighted by atomic mass is 16.4. The Labute approximate surface area is 109 Å². The van der Waals surface area contributed by atoms with Crippen molar-refractivity contribution in [1.82, 2.24) is 19.8 Å². The van der Waals surface area contributed by atoms with Gasteiger partial charge in [0.1, 0.15) is 5.82 Å². The van der Waals surface area contributed by atoms with Crippen LogP contribution < -0.4 is 4.90 Å². The number of hydrogen-bond donors (Lipinski definition) is 1. The van der Waals surface area contributed by atoms with Gasteiger partial charge in [-0.2, -0.15) is 0 Å². The molecule has 0 spiro atoms. The molecule has 1 fully saturated rings. The third-order valence-electron chi connectivity index (χ3n) is 3.61. The molecule has 0 bridgehead atoms. The van der Waals surface area contributed by atoms with E-state index in [1.807, 2.05) is 24.0 Å². The molecule has 0 radical (unpaired) electrons. The molecule has 0 aromatic carbocycles. The zero-order valence-corrected chi connectivity index (χ0v) is 10.9. The predicted molar refractivity (Wildman–Crippen MR) is 68.1 cm³/mol. The van der Waals surface area contributed by atoms with Gasteiger partial charge in [-0.05, 0) is 32.4 Å². The molecular formula is C12H15N5O2. The molecule has 2 aromatic heterocycles. The Kier molecular flexibility index (Phi) is 2.44. The summed E-state index contributed by atoms with van der Waals surface area (Å²) in [4.78, 5) is 17.4. The summed E-state index contributed by atoms with van der Waals surface area (Å²) >= 11 is 0. The highest BCUT2D eigenvalue weighted by Gasteiger charge is 2.41. The number of carboxylic acids is 1. The van der Waals surface area contributed by atoms with E-state index in [1.165, 1.54) is 4.63 Å². The molecule has 0 aliphatic carbocycles. The van der Waals surface area contributed by atoms with E-state index in [4.69, 9.17) is 0 Å². The molecule has 1 unspecified atom stereocenters. The van der Waals surface area contributed by atoms with Crippen LogP contribution in [0.1, 0.15) is 19.2 Å². The molecule has 1 N–H and O–H groups in total. The van der Waals surface area contributed by atoms with Gasteiger partial charge in [-0.25, -0.2) is 4.98 Å². The van der Waals surface area contributed by atoms with Gasteiger partial charge in [-0.3, -0.25) is 4.79 Å². The largest absolute Gasteiger partial charge is 0.481 e. The summed E-state index contributed by atoms with van der Waals surface area (Å²) in [5.41, 5.74) is -0.00370. The lowest BCUT2D eigenvalue weighted by Crippen LogP contribution is -2.32. The maximum absolute atomic E-state index is 11.2. The molecule has 7 heteroatoms. The van der Waals surface area contributed by atoms with Crippen molar-refractivity contribution < 1.29 is 9.90 Å². The van der Waals surface area contributed by atoms with Crippen LogP contribution >= 0.6 is 0 Å². The van der Waals surface area contributed by atoms with Crippen molar-refractivity contribution in [1.29, 1.82) is 0 Å². The Balaban J connectivity index is 1.91. The fourth-order valence-electron chi connectivity index (χ4n) is 2.38. The molecule has 0 saturated carbocycles. The van der Waals surface area contributed by atoms with E-state index in [1.54, 1.807) is 6.92 Å². The third-order valence-corrected chi connectivity index (χ3v) is 3.61. The molecule has 19 heavy (non-hydrogen) atoms. The molecule has 1 aliphatic rings. The molecule has 1 saturated heterocycles. The lowest BCUT2D eigenvalue weighted by Gasteiger charge is -2.20. The lowest BCUT2D eigenvalue weighted by molar-refractivity contribution is -0.146. The molecule has 1 atom stereocenters. The average Bonchev–Trinajstić information content (AvgIpc) is 2.91. The van der Waals surface area contributed by atoms with E-state index >= 15 is 0 Å². The number of rotatable bonds is 2. The van der Waals surface area contributed by atoms with Crippen molar-refractivity contribution in [3.8, 4) is 0 Å². The quantitative estimate of drug-likeness (QED) is 0.858. The Morgan fingerprint density at radius 2 is 2.21 bits per heavy atom. The summed E-state index contributed by atoms with van der Waals surface area (Å²) in [6, 6.07) is 3.70. The topological polar surface area (TPSA) is 83.6 Å². The Morgan fingerprint density at radius 1 is 1.42 bits per heavy atom. The van der Waals surface area contributed by atoms with Gasteiger partial charge in [0.25, 0.3) is 0 Å². The van der Waals surface area contributed by atoms with Crippen LogP contribution in [0.2, 0.25) is 0 Å². The fourth-order valence-corrected chi connectivity index (χ4v) is 2.38. The third kappa shape index (κ3) is 1.91. The number of carbonyl (C=O) groups is 1. The van der Waals surface area contributed by atoms with Crippen LogP contribution in [0.3, 0.4) is 0 Å². The summed E-state index contributed by atoms with van der Waals surface area (Å²) in [5, 5.41) is 17.8. The second-order valence-corrected chi connectivity index (χ2v) is 5.24. The second-order valence-electron chi connectivity index (χ2n) is 5.24. The van der Waals surface area contributed by atoms with E-state index in [2.05, 4.69) is 15.2 Å². The average molecular weight is 261 g/mol. The number of hydrogen-bond acceptors (Lipinski definition) is 5. The summed E-state index contributed by atoms with van der Waals surface area (Å²) in [6.45, 7) is 4.74. The van der Waals surface area contributed by atoms with E-state index in [0.717, 1.165) is 5.82 Å². The Morgan fingerprint density at radius 3 is 2.89 bits per heavy atom. The molecule has 2 aromatic rings. The molecule has 7 nitrogen and oxygen atoms in total. The van der Waals surface area contributed by atoms with Crippen molar-refractivity contribution >= 4 is 17.4 Å². The van der Waals surface area contributed by atoms with Crippen LogP contribution in [-0.2, 0) is 4.79 Å². The molecule has 1 aliphatic heterocycles. The van der Waals surface area contributed by atoms with E-state index < -0.39 is 11.4 Å². The van der Waals surface area contributed by atoms with Gasteiger partial charge in [-0.15, -0.1) is 14.8 Å². The number of anilines is 1. The van der Waals surface area contributed by atoms with E-state index in [-0.39, 0.29) is 0 Å². The molecular weight excluding hydrogens is 246 g/mol. The van der Waals surface area contributed by atoms with Gasteiger partial charge in [0.05, 0.1) is 5.41 Å². The number of fused-ring (bicyclic) bond motifs is 1. The van der Waals surface area contributed by atoms with Crippen LogP contribution in [-0.4, -0.2) is 44.0 Å². The smallest absolute Gasteiger partial charge is 0.311 e. The van der Waals surface area contributed by atoms with Crippen LogP contribution in [0.25, 0.3) is 5.65 Å². The Bertz CT molecular complexity index is 653. The van der Waals surface area contributed by atoms with Crippen LogP contribution in [0.4, 0.5) is 5.82 Å². The monoisotopic (exact) mass is 261 g/mol. The van der Waals surface area contributed by atoms with Crippen LogP contribution in [0, 0.1) is 12.3 Å². The maximum Gasteiger partial charge on any atom is 0.311 e. The zero-order chi connectivity index (χ0) is 13.6. The first-order chi connectivity index (χ1) is 8.98. The van der Waals surface area contributed by atoms with Crippen molar-refractivity contribution in [2.75, 3.05) is 18.0 Å². The number of nitrogens with zero attached hydrogens (tertiary/aromatic N) is 5. The molecule has 100 valence electrons. The summed E-state index contributed by atoms with van der Waals surface area (Å²) in [7, 11) is 0. The fraction of sp³-hybridized carbons (Fsp3) is 0.500. The van der Waals surface area contributed by atoms with E-state index in [9.17, 15) is 9.90 Å². The summed E-state index contributed by atoms with van der Waals surface area (Å²) < 4.78 is 1.49. The zero-order valence-electron chi connectivity index (χ0n) is 10.9.